The van der Waals surface area contributed by atoms with E-state index in [1.54, 1.807) is 25.6 Å². The molecule has 0 spiro atoms. The standard InChI is InChI=1S/C22H27N5O3S/c1-29-18-8-7-16(19(14-18)30-2)9-10-23-20(28)17-6-5-13-27(15-17)22-25-24-21(31-22)26-11-3-4-12-26/h3-4,7-8,11-12,14,17H,5-6,9-10,13,15H2,1-2H3,(H,23,28). The number of piperidine rings is 1. The summed E-state index contributed by atoms with van der Waals surface area (Å²) < 4.78 is 12.6. The van der Waals surface area contributed by atoms with E-state index >= 15 is 0 Å². The summed E-state index contributed by atoms with van der Waals surface area (Å²) in [7, 11) is 3.27. The Morgan fingerprint density at radius 2 is 2.00 bits per heavy atom. The minimum absolute atomic E-state index is 0.0505. The molecule has 2 aromatic heterocycles. The van der Waals surface area contributed by atoms with Gasteiger partial charge in [-0.3, -0.25) is 9.36 Å². The number of nitrogens with one attached hydrogen (secondary N) is 1. The lowest BCUT2D eigenvalue weighted by molar-refractivity contribution is -0.125. The second-order valence-corrected chi connectivity index (χ2v) is 8.40. The Bertz CT molecular complexity index is 1000. The van der Waals surface area contributed by atoms with Crippen LogP contribution in [0.3, 0.4) is 0 Å². The first-order chi connectivity index (χ1) is 15.2. The highest BCUT2D eigenvalue weighted by Crippen LogP contribution is 2.28. The van der Waals surface area contributed by atoms with E-state index in [0.717, 1.165) is 46.7 Å². The normalized spacial score (nSPS) is 16.2. The van der Waals surface area contributed by atoms with Crippen LogP contribution >= 0.6 is 11.3 Å². The molecule has 0 aliphatic carbocycles. The van der Waals surface area contributed by atoms with Crippen LogP contribution in [-0.2, 0) is 11.2 Å². The molecule has 0 bridgehead atoms. The zero-order valence-corrected chi connectivity index (χ0v) is 18.6. The summed E-state index contributed by atoms with van der Waals surface area (Å²) in [5, 5.41) is 13.4. The molecule has 3 aromatic rings. The molecular weight excluding hydrogens is 414 g/mol. The second kappa shape index (κ2) is 9.82. The topological polar surface area (TPSA) is 81.5 Å². The van der Waals surface area contributed by atoms with Gasteiger partial charge in [-0.2, -0.15) is 0 Å². The van der Waals surface area contributed by atoms with Crippen molar-refractivity contribution < 1.29 is 14.3 Å². The number of carbonyl (C=O) groups excluding carboxylic acids is 1. The molecule has 8 nitrogen and oxygen atoms in total. The average molecular weight is 442 g/mol. The van der Waals surface area contributed by atoms with Crippen LogP contribution in [-0.4, -0.2) is 54.5 Å². The fourth-order valence-corrected chi connectivity index (χ4v) is 4.64. The van der Waals surface area contributed by atoms with Crippen molar-refractivity contribution in [2.75, 3.05) is 38.8 Å². The average Bonchev–Trinajstić information content (AvgIpc) is 3.51. The van der Waals surface area contributed by atoms with Crippen molar-refractivity contribution >= 4 is 22.4 Å². The van der Waals surface area contributed by atoms with Gasteiger partial charge in [-0.05, 0) is 43.0 Å². The summed E-state index contributed by atoms with van der Waals surface area (Å²) in [4.78, 5) is 15.0. The van der Waals surface area contributed by atoms with Crippen LogP contribution in [0.1, 0.15) is 18.4 Å². The lowest BCUT2D eigenvalue weighted by Crippen LogP contribution is -2.43. The maximum Gasteiger partial charge on any atom is 0.224 e. The molecule has 1 aliphatic heterocycles. The van der Waals surface area contributed by atoms with E-state index in [0.29, 0.717) is 19.5 Å². The highest BCUT2D eigenvalue weighted by atomic mass is 32.1. The zero-order chi connectivity index (χ0) is 21.6. The van der Waals surface area contributed by atoms with Gasteiger partial charge in [0, 0.05) is 38.1 Å². The minimum atomic E-state index is -0.0505. The number of hydrogen-bond acceptors (Lipinski definition) is 7. The number of rotatable bonds is 8. The molecule has 1 saturated heterocycles. The third-order valence-corrected chi connectivity index (χ3v) is 6.48. The predicted molar refractivity (Wildman–Crippen MR) is 120 cm³/mol. The molecule has 164 valence electrons. The van der Waals surface area contributed by atoms with E-state index in [1.807, 2.05) is 47.3 Å². The Morgan fingerprint density at radius 1 is 1.19 bits per heavy atom. The van der Waals surface area contributed by atoms with Crippen LogP contribution in [0.2, 0.25) is 0 Å². The van der Waals surface area contributed by atoms with E-state index < -0.39 is 0 Å². The van der Waals surface area contributed by atoms with Crippen LogP contribution in [0.25, 0.3) is 5.13 Å². The van der Waals surface area contributed by atoms with Gasteiger partial charge in [-0.15, -0.1) is 10.2 Å². The van der Waals surface area contributed by atoms with Crippen LogP contribution in [0.5, 0.6) is 11.5 Å². The molecule has 1 atom stereocenters. The fourth-order valence-electron chi connectivity index (χ4n) is 3.79. The van der Waals surface area contributed by atoms with Crippen LogP contribution in [0, 0.1) is 5.92 Å². The number of amides is 1. The maximum absolute atomic E-state index is 12.8. The molecule has 1 N–H and O–H groups in total. The molecule has 4 rings (SSSR count). The molecule has 1 amide bonds. The van der Waals surface area contributed by atoms with Crippen molar-refractivity contribution in [3.05, 3.63) is 48.3 Å². The van der Waals surface area contributed by atoms with Gasteiger partial charge < -0.3 is 19.7 Å². The first kappa shape index (κ1) is 21.2. The first-order valence-electron chi connectivity index (χ1n) is 10.4. The van der Waals surface area contributed by atoms with Gasteiger partial charge in [0.25, 0.3) is 0 Å². The Hall–Kier alpha value is -3.07. The SMILES string of the molecule is COc1ccc(CCNC(=O)C2CCCN(c3nnc(-n4cccc4)s3)C2)c(OC)c1. The van der Waals surface area contributed by atoms with Gasteiger partial charge in [0.1, 0.15) is 11.5 Å². The minimum Gasteiger partial charge on any atom is -0.497 e. The van der Waals surface area contributed by atoms with Crippen LogP contribution < -0.4 is 19.7 Å². The molecule has 1 fully saturated rings. The molecule has 0 radical (unpaired) electrons. The van der Waals surface area contributed by atoms with E-state index in [2.05, 4.69) is 20.4 Å². The highest BCUT2D eigenvalue weighted by Gasteiger charge is 2.27. The molecular formula is C22H27N5O3S. The molecule has 31 heavy (non-hydrogen) atoms. The summed E-state index contributed by atoms with van der Waals surface area (Å²) in [6, 6.07) is 9.67. The number of carbonyl (C=O) groups is 1. The monoisotopic (exact) mass is 441 g/mol. The van der Waals surface area contributed by atoms with Gasteiger partial charge >= 0.3 is 0 Å². The van der Waals surface area contributed by atoms with Crippen molar-refractivity contribution in [1.29, 1.82) is 0 Å². The lowest BCUT2D eigenvalue weighted by Gasteiger charge is -2.31. The van der Waals surface area contributed by atoms with Crippen molar-refractivity contribution in [2.24, 2.45) is 5.92 Å². The zero-order valence-electron chi connectivity index (χ0n) is 17.8. The molecule has 1 aromatic carbocycles. The van der Waals surface area contributed by atoms with E-state index in [9.17, 15) is 4.79 Å². The van der Waals surface area contributed by atoms with Crippen molar-refractivity contribution in [3.8, 4) is 16.6 Å². The summed E-state index contributed by atoms with van der Waals surface area (Å²) in [6.45, 7) is 2.12. The van der Waals surface area contributed by atoms with E-state index in [1.165, 1.54) is 0 Å². The summed E-state index contributed by atoms with van der Waals surface area (Å²) >= 11 is 1.54. The highest BCUT2D eigenvalue weighted by molar-refractivity contribution is 7.17. The van der Waals surface area contributed by atoms with Crippen LogP contribution in [0.4, 0.5) is 5.13 Å². The van der Waals surface area contributed by atoms with Crippen molar-refractivity contribution in [2.45, 2.75) is 19.3 Å². The number of ether oxygens (including phenoxy) is 2. The van der Waals surface area contributed by atoms with E-state index in [4.69, 9.17) is 9.47 Å². The van der Waals surface area contributed by atoms with Gasteiger partial charge in [-0.1, -0.05) is 17.4 Å². The molecule has 0 saturated carbocycles. The quantitative estimate of drug-likeness (QED) is 0.579. The summed E-state index contributed by atoms with van der Waals surface area (Å²) in [6.07, 6.45) is 6.45. The number of hydrogen-bond donors (Lipinski definition) is 1. The van der Waals surface area contributed by atoms with Gasteiger partial charge in [0.2, 0.25) is 16.2 Å². The lowest BCUT2D eigenvalue weighted by atomic mass is 9.97. The Morgan fingerprint density at radius 3 is 2.77 bits per heavy atom. The molecule has 1 aliphatic rings. The largest absolute Gasteiger partial charge is 0.497 e. The molecule has 3 heterocycles. The third-order valence-electron chi connectivity index (χ3n) is 5.48. The van der Waals surface area contributed by atoms with Gasteiger partial charge in [0.15, 0.2) is 0 Å². The number of benzene rings is 1. The number of methoxy groups -OCH3 is 2. The number of anilines is 1. The fraction of sp³-hybridized carbons (Fsp3) is 0.409. The number of nitrogens with zero attached hydrogens (tertiary/aromatic N) is 4. The molecule has 1 unspecified atom stereocenters. The number of aromatic nitrogens is 3. The summed E-state index contributed by atoms with van der Waals surface area (Å²) in [5.41, 5.74) is 1.04. The molecule has 9 heteroatoms. The smallest absolute Gasteiger partial charge is 0.224 e. The Balaban J connectivity index is 1.31. The third kappa shape index (κ3) is 4.99. The van der Waals surface area contributed by atoms with Gasteiger partial charge in [0.05, 0.1) is 20.1 Å². The predicted octanol–water partition coefficient (Wildman–Crippen LogP) is 2.92. The van der Waals surface area contributed by atoms with Crippen molar-refractivity contribution in [1.82, 2.24) is 20.1 Å². The second-order valence-electron chi connectivity index (χ2n) is 7.46. The Kier molecular flexibility index (Phi) is 6.71. The van der Waals surface area contributed by atoms with E-state index in [-0.39, 0.29) is 11.8 Å². The van der Waals surface area contributed by atoms with Crippen LogP contribution in [0.15, 0.2) is 42.7 Å². The van der Waals surface area contributed by atoms with Gasteiger partial charge in [-0.25, -0.2) is 0 Å². The van der Waals surface area contributed by atoms with Crippen molar-refractivity contribution in [3.63, 3.8) is 0 Å². The summed E-state index contributed by atoms with van der Waals surface area (Å²) in [5.74, 6) is 1.56. The maximum atomic E-state index is 12.8. The Labute approximate surface area is 185 Å². The first-order valence-corrected chi connectivity index (χ1v) is 11.2.